The SMILES string of the molecule is Cn1ccc(CNCc2cccc(Cl)c2F)n1. The molecule has 2 aromatic rings. The second kappa shape index (κ2) is 5.29. The zero-order valence-electron chi connectivity index (χ0n) is 9.45. The molecule has 0 aliphatic heterocycles. The lowest BCUT2D eigenvalue weighted by Crippen LogP contribution is -2.14. The molecule has 0 bridgehead atoms. The number of aryl methyl sites for hydroxylation is 1. The van der Waals surface area contributed by atoms with Crippen molar-refractivity contribution in [3.05, 3.63) is 52.6 Å². The van der Waals surface area contributed by atoms with Gasteiger partial charge in [-0.2, -0.15) is 5.10 Å². The maximum Gasteiger partial charge on any atom is 0.146 e. The summed E-state index contributed by atoms with van der Waals surface area (Å²) in [5.74, 6) is -0.359. The third kappa shape index (κ3) is 3.05. The van der Waals surface area contributed by atoms with Gasteiger partial charge in [-0.3, -0.25) is 4.68 Å². The van der Waals surface area contributed by atoms with E-state index in [0.717, 1.165) is 5.69 Å². The van der Waals surface area contributed by atoms with Crippen LogP contribution in [0.15, 0.2) is 30.5 Å². The summed E-state index contributed by atoms with van der Waals surface area (Å²) in [7, 11) is 1.86. The van der Waals surface area contributed by atoms with Gasteiger partial charge in [-0.05, 0) is 12.1 Å². The molecule has 1 aromatic carbocycles. The van der Waals surface area contributed by atoms with Crippen LogP contribution in [0.5, 0.6) is 0 Å². The Kier molecular flexibility index (Phi) is 3.76. The fourth-order valence-corrected chi connectivity index (χ4v) is 1.76. The maximum absolute atomic E-state index is 13.5. The molecule has 0 fully saturated rings. The molecule has 0 spiro atoms. The van der Waals surface area contributed by atoms with Crippen LogP contribution in [0.1, 0.15) is 11.3 Å². The van der Waals surface area contributed by atoms with Crippen molar-refractivity contribution in [3.8, 4) is 0 Å². The van der Waals surface area contributed by atoms with E-state index in [1.165, 1.54) is 0 Å². The summed E-state index contributed by atoms with van der Waals surface area (Å²) in [4.78, 5) is 0. The molecule has 0 radical (unpaired) electrons. The van der Waals surface area contributed by atoms with Gasteiger partial charge in [-0.25, -0.2) is 4.39 Å². The normalized spacial score (nSPS) is 10.8. The number of rotatable bonds is 4. The number of aromatic nitrogens is 2. The molecule has 3 nitrogen and oxygen atoms in total. The molecule has 1 heterocycles. The lowest BCUT2D eigenvalue weighted by molar-refractivity contribution is 0.584. The smallest absolute Gasteiger partial charge is 0.146 e. The lowest BCUT2D eigenvalue weighted by atomic mass is 10.2. The second-order valence-corrected chi connectivity index (χ2v) is 4.20. The van der Waals surface area contributed by atoms with E-state index in [0.29, 0.717) is 18.7 Å². The summed E-state index contributed by atoms with van der Waals surface area (Å²) in [6.07, 6.45) is 1.87. The monoisotopic (exact) mass is 253 g/mol. The van der Waals surface area contributed by atoms with Gasteiger partial charge in [-0.15, -0.1) is 0 Å². The molecule has 5 heteroatoms. The first-order chi connectivity index (χ1) is 8.16. The standard InChI is InChI=1S/C12H13ClFN3/c1-17-6-5-10(16-17)8-15-7-9-3-2-4-11(13)12(9)14/h2-6,15H,7-8H2,1H3. The highest BCUT2D eigenvalue weighted by Gasteiger charge is 2.05. The quantitative estimate of drug-likeness (QED) is 0.907. The minimum atomic E-state index is -0.359. The van der Waals surface area contributed by atoms with E-state index in [9.17, 15) is 4.39 Å². The largest absolute Gasteiger partial charge is 0.307 e. The molecule has 0 aliphatic rings. The van der Waals surface area contributed by atoms with Crippen LogP contribution >= 0.6 is 11.6 Å². The Labute approximate surface area is 104 Å². The van der Waals surface area contributed by atoms with E-state index >= 15 is 0 Å². The van der Waals surface area contributed by atoms with Gasteiger partial charge >= 0.3 is 0 Å². The van der Waals surface area contributed by atoms with Gasteiger partial charge in [0.25, 0.3) is 0 Å². The van der Waals surface area contributed by atoms with Crippen LogP contribution < -0.4 is 5.32 Å². The Hall–Kier alpha value is -1.39. The molecule has 2 rings (SSSR count). The van der Waals surface area contributed by atoms with Gasteiger partial charge in [0, 0.05) is 31.9 Å². The number of hydrogen-bond acceptors (Lipinski definition) is 2. The van der Waals surface area contributed by atoms with E-state index < -0.39 is 0 Å². The van der Waals surface area contributed by atoms with Crippen molar-refractivity contribution >= 4 is 11.6 Å². The third-order valence-electron chi connectivity index (χ3n) is 2.42. The van der Waals surface area contributed by atoms with E-state index in [-0.39, 0.29) is 10.8 Å². The first-order valence-corrected chi connectivity index (χ1v) is 5.67. The Morgan fingerprint density at radius 3 is 2.88 bits per heavy atom. The van der Waals surface area contributed by atoms with Crippen LogP contribution in [0.2, 0.25) is 5.02 Å². The highest BCUT2D eigenvalue weighted by atomic mass is 35.5. The Morgan fingerprint density at radius 2 is 2.18 bits per heavy atom. The van der Waals surface area contributed by atoms with E-state index in [1.807, 2.05) is 19.3 Å². The number of hydrogen-bond donors (Lipinski definition) is 1. The molecule has 17 heavy (non-hydrogen) atoms. The van der Waals surface area contributed by atoms with Crippen LogP contribution in [-0.4, -0.2) is 9.78 Å². The van der Waals surface area contributed by atoms with Crippen molar-refractivity contribution in [3.63, 3.8) is 0 Å². The van der Waals surface area contributed by atoms with Crippen LogP contribution in [-0.2, 0) is 20.1 Å². The fraction of sp³-hybridized carbons (Fsp3) is 0.250. The van der Waals surface area contributed by atoms with Crippen LogP contribution in [0, 0.1) is 5.82 Å². The van der Waals surface area contributed by atoms with E-state index in [4.69, 9.17) is 11.6 Å². The zero-order chi connectivity index (χ0) is 12.3. The molecule has 0 aliphatic carbocycles. The first kappa shape index (κ1) is 12.1. The summed E-state index contributed by atoms with van der Waals surface area (Å²) in [5.41, 5.74) is 1.49. The Balaban J connectivity index is 1.92. The van der Waals surface area contributed by atoms with Gasteiger partial charge in [0.15, 0.2) is 0 Å². The molecule has 0 saturated carbocycles. The summed E-state index contributed by atoms with van der Waals surface area (Å²) >= 11 is 5.69. The summed E-state index contributed by atoms with van der Waals surface area (Å²) in [5, 5.41) is 7.50. The minimum absolute atomic E-state index is 0.155. The van der Waals surface area contributed by atoms with Crippen molar-refractivity contribution < 1.29 is 4.39 Å². The van der Waals surface area contributed by atoms with Crippen molar-refractivity contribution in [2.24, 2.45) is 7.05 Å². The molecular formula is C12H13ClFN3. The summed E-state index contributed by atoms with van der Waals surface area (Å²) < 4.78 is 15.3. The first-order valence-electron chi connectivity index (χ1n) is 5.29. The van der Waals surface area contributed by atoms with Gasteiger partial charge in [0.2, 0.25) is 0 Å². The average Bonchev–Trinajstić information content (AvgIpc) is 2.70. The molecule has 0 amide bonds. The Bertz CT molecular complexity index is 510. The predicted molar refractivity (Wildman–Crippen MR) is 65.2 cm³/mol. The van der Waals surface area contributed by atoms with Crippen LogP contribution in [0.25, 0.3) is 0 Å². The number of halogens is 2. The van der Waals surface area contributed by atoms with E-state index in [1.54, 1.807) is 22.9 Å². The van der Waals surface area contributed by atoms with Crippen LogP contribution in [0.3, 0.4) is 0 Å². The molecule has 0 saturated heterocycles. The van der Waals surface area contributed by atoms with Gasteiger partial charge < -0.3 is 5.32 Å². The molecule has 1 aromatic heterocycles. The third-order valence-corrected chi connectivity index (χ3v) is 2.71. The summed E-state index contributed by atoms with van der Waals surface area (Å²) in [6.45, 7) is 1.04. The van der Waals surface area contributed by atoms with Gasteiger partial charge in [0.1, 0.15) is 5.82 Å². The average molecular weight is 254 g/mol. The fourth-order valence-electron chi connectivity index (χ4n) is 1.57. The van der Waals surface area contributed by atoms with E-state index in [2.05, 4.69) is 10.4 Å². The molecule has 90 valence electrons. The second-order valence-electron chi connectivity index (χ2n) is 3.80. The molecule has 1 N–H and O–H groups in total. The zero-order valence-corrected chi connectivity index (χ0v) is 10.2. The highest BCUT2D eigenvalue weighted by molar-refractivity contribution is 6.30. The van der Waals surface area contributed by atoms with Gasteiger partial charge in [0.05, 0.1) is 10.7 Å². The number of benzene rings is 1. The van der Waals surface area contributed by atoms with Crippen LogP contribution in [0.4, 0.5) is 4.39 Å². The molecule has 0 unspecified atom stereocenters. The van der Waals surface area contributed by atoms with Crippen molar-refractivity contribution in [1.29, 1.82) is 0 Å². The predicted octanol–water partition coefficient (Wildman–Crippen LogP) is 2.50. The number of nitrogens with one attached hydrogen (secondary N) is 1. The minimum Gasteiger partial charge on any atom is -0.307 e. The maximum atomic E-state index is 13.5. The van der Waals surface area contributed by atoms with Gasteiger partial charge in [-0.1, -0.05) is 23.7 Å². The Morgan fingerprint density at radius 1 is 1.35 bits per heavy atom. The molecular weight excluding hydrogens is 241 g/mol. The highest BCUT2D eigenvalue weighted by Crippen LogP contribution is 2.17. The lowest BCUT2D eigenvalue weighted by Gasteiger charge is -2.05. The molecule has 0 atom stereocenters. The van der Waals surface area contributed by atoms with Crippen molar-refractivity contribution in [1.82, 2.24) is 15.1 Å². The summed E-state index contributed by atoms with van der Waals surface area (Å²) in [6, 6.07) is 6.91. The van der Waals surface area contributed by atoms with Crippen molar-refractivity contribution in [2.45, 2.75) is 13.1 Å². The van der Waals surface area contributed by atoms with Crippen molar-refractivity contribution in [2.75, 3.05) is 0 Å². The number of nitrogens with zero attached hydrogens (tertiary/aromatic N) is 2. The topological polar surface area (TPSA) is 29.9 Å².